The molecule has 5 nitrogen and oxygen atoms in total. The smallest absolute Gasteiger partial charge is 0.342 e. The maximum atomic E-state index is 9.94. The zero-order chi connectivity index (χ0) is 6.41. The zero-order valence-electron chi connectivity index (χ0n) is 3.62. The first-order chi connectivity index (χ1) is 3.81. The average Bonchev–Trinajstić information content (AvgIpc) is 1.68. The molecule has 0 aliphatic rings. The molecule has 0 fully saturated rings. The second-order valence-electron chi connectivity index (χ2n) is 0.637. The topological polar surface area (TPSA) is 83.1 Å². The van der Waals surface area contributed by atoms with E-state index < -0.39 is 8.25 Å². The van der Waals surface area contributed by atoms with Gasteiger partial charge in [-0.25, -0.2) is 4.57 Å². The highest BCUT2D eigenvalue weighted by Crippen LogP contribution is 2.20. The highest BCUT2D eigenvalue weighted by molar-refractivity contribution is 7.33. The third kappa shape index (κ3) is 3.02. The van der Waals surface area contributed by atoms with Crippen LogP contribution in [-0.2, 0) is 13.6 Å². The number of hydrogen-bond donors (Lipinski definition) is 0. The zero-order valence-corrected chi connectivity index (χ0v) is 4.62. The summed E-state index contributed by atoms with van der Waals surface area (Å²) in [5.41, 5.74) is 0. The fraction of sp³-hybridized carbons (Fsp3) is 0. The van der Waals surface area contributed by atoms with Crippen molar-refractivity contribution in [2.45, 2.75) is 0 Å². The van der Waals surface area contributed by atoms with Gasteiger partial charge in [-0.1, -0.05) is 0 Å². The molecule has 0 spiro atoms. The van der Waals surface area contributed by atoms with E-state index in [1.807, 2.05) is 0 Å². The van der Waals surface area contributed by atoms with Crippen LogP contribution < -0.4 is 0 Å². The molecule has 0 heterocycles. The Morgan fingerprint density at radius 1 is 1.25 bits per heavy atom. The van der Waals surface area contributed by atoms with E-state index in [0.717, 1.165) is 12.5 Å². The minimum Gasteiger partial charge on any atom is -0.342 e. The molecule has 0 aliphatic heterocycles. The van der Waals surface area contributed by atoms with Crippen molar-refractivity contribution < 1.29 is 13.6 Å². The first-order valence-corrected chi connectivity index (χ1v) is 2.69. The van der Waals surface area contributed by atoms with Gasteiger partial charge in [-0.3, -0.25) is 0 Å². The average molecular weight is 132 g/mol. The summed E-state index contributed by atoms with van der Waals surface area (Å²) in [6, 6.07) is 0. The Morgan fingerprint density at radius 2 is 1.62 bits per heavy atom. The first-order valence-electron chi connectivity index (χ1n) is 1.47. The molecule has 0 rings (SSSR count). The summed E-state index contributed by atoms with van der Waals surface area (Å²) >= 11 is 0. The largest absolute Gasteiger partial charge is 0.438 e. The number of hydrogen-bond acceptors (Lipinski definition) is 5. The molecule has 0 saturated carbocycles. The van der Waals surface area contributed by atoms with E-state index in [1.165, 1.54) is 0 Å². The molecule has 0 unspecified atom stereocenters. The second-order valence-corrected chi connectivity index (χ2v) is 1.54. The monoisotopic (exact) mass is 132 g/mol. The van der Waals surface area contributed by atoms with Crippen LogP contribution in [0.1, 0.15) is 0 Å². The minimum atomic E-state index is -2.86. The van der Waals surface area contributed by atoms with Crippen LogP contribution in [0.3, 0.4) is 0 Å². The van der Waals surface area contributed by atoms with Gasteiger partial charge < -0.3 is 9.05 Å². The third-order valence-corrected chi connectivity index (χ3v) is 0.774. The van der Waals surface area contributed by atoms with Crippen LogP contribution in [0, 0.1) is 23.0 Å². The normalized spacial score (nSPS) is 6.88. The van der Waals surface area contributed by atoms with Crippen molar-refractivity contribution in [1.82, 2.24) is 0 Å². The number of nitrogens with zero attached hydrogens (tertiary/aromatic N) is 2. The Hall–Kier alpha value is -1.19. The Labute approximate surface area is 46.0 Å². The summed E-state index contributed by atoms with van der Waals surface area (Å²) in [4.78, 5) is 0. The van der Waals surface area contributed by atoms with Crippen molar-refractivity contribution >= 4 is 8.25 Å². The predicted octanol–water partition coefficient (Wildman–Crippen LogP) is 0.371. The summed E-state index contributed by atoms with van der Waals surface area (Å²) in [6.07, 6.45) is 2.22. The molecular weight excluding hydrogens is 131 g/mol. The molecule has 0 aromatic heterocycles. The van der Waals surface area contributed by atoms with Gasteiger partial charge >= 0.3 is 8.25 Å². The molecule has 0 aromatic rings. The first kappa shape index (κ1) is 6.81. The van der Waals surface area contributed by atoms with E-state index in [-0.39, 0.29) is 0 Å². The standard InChI is InChI=1S/C2HN2O3P/c3-1-6-8(5)7-2-4/h8H. The molecule has 0 atom stereocenters. The lowest BCUT2D eigenvalue weighted by Crippen LogP contribution is -1.66. The van der Waals surface area contributed by atoms with Crippen LogP contribution in [-0.4, -0.2) is 0 Å². The number of rotatable bonds is 2. The summed E-state index contributed by atoms with van der Waals surface area (Å²) in [6.45, 7) is 0. The van der Waals surface area contributed by atoms with Gasteiger partial charge in [-0.15, -0.1) is 10.5 Å². The molecule has 8 heavy (non-hydrogen) atoms. The lowest BCUT2D eigenvalue weighted by molar-refractivity contribution is 0.376. The molecule has 42 valence electrons. The molecule has 0 N–H and O–H groups in total. The fourth-order valence-corrected chi connectivity index (χ4v) is 0.286. The van der Waals surface area contributed by atoms with Crippen molar-refractivity contribution in [3.05, 3.63) is 0 Å². The van der Waals surface area contributed by atoms with Crippen LogP contribution in [0.15, 0.2) is 0 Å². The summed E-state index contributed by atoms with van der Waals surface area (Å²) < 4.78 is 17.3. The van der Waals surface area contributed by atoms with Crippen molar-refractivity contribution in [2.75, 3.05) is 0 Å². The molecule has 0 saturated heterocycles. The maximum absolute atomic E-state index is 9.94. The lowest BCUT2D eigenvalue weighted by atomic mass is 11.6. The Bertz CT molecular complexity index is 147. The van der Waals surface area contributed by atoms with Gasteiger partial charge in [0.1, 0.15) is 0 Å². The van der Waals surface area contributed by atoms with Gasteiger partial charge in [-0.05, 0) is 0 Å². The summed E-state index contributed by atoms with van der Waals surface area (Å²) in [5.74, 6) is 0. The quantitative estimate of drug-likeness (QED) is 0.400. The van der Waals surface area contributed by atoms with E-state index in [0.29, 0.717) is 0 Å². The van der Waals surface area contributed by atoms with Crippen LogP contribution >= 0.6 is 8.25 Å². The highest BCUT2D eigenvalue weighted by Gasteiger charge is 1.93. The van der Waals surface area contributed by atoms with Gasteiger partial charge in [0.15, 0.2) is 0 Å². The number of nitriles is 2. The van der Waals surface area contributed by atoms with Crippen LogP contribution in [0.5, 0.6) is 0 Å². The molecule has 0 bridgehead atoms. The van der Waals surface area contributed by atoms with Gasteiger partial charge in [0, 0.05) is 0 Å². The third-order valence-electron chi connectivity index (χ3n) is 0.258. The summed E-state index contributed by atoms with van der Waals surface area (Å²) in [5, 5.41) is 15.3. The Balaban J connectivity index is 3.41. The van der Waals surface area contributed by atoms with Crippen molar-refractivity contribution in [1.29, 1.82) is 10.5 Å². The van der Waals surface area contributed by atoms with Gasteiger partial charge in [-0.2, -0.15) is 0 Å². The van der Waals surface area contributed by atoms with Crippen LogP contribution in [0.2, 0.25) is 0 Å². The predicted molar refractivity (Wildman–Crippen MR) is 22.4 cm³/mol. The Kier molecular flexibility index (Phi) is 3.39. The van der Waals surface area contributed by atoms with Gasteiger partial charge in [0.05, 0.1) is 0 Å². The maximum Gasteiger partial charge on any atom is 0.438 e. The molecule has 0 aliphatic carbocycles. The fourth-order valence-electron chi connectivity index (χ4n) is 0.0954. The van der Waals surface area contributed by atoms with Crippen molar-refractivity contribution in [2.24, 2.45) is 0 Å². The van der Waals surface area contributed by atoms with E-state index in [2.05, 4.69) is 9.05 Å². The second kappa shape index (κ2) is 3.98. The van der Waals surface area contributed by atoms with Gasteiger partial charge in [0.25, 0.3) is 12.5 Å². The summed E-state index contributed by atoms with van der Waals surface area (Å²) in [7, 11) is -2.86. The highest BCUT2D eigenvalue weighted by atomic mass is 31.1. The Morgan fingerprint density at radius 3 is 1.88 bits per heavy atom. The molecule has 0 radical (unpaired) electrons. The van der Waals surface area contributed by atoms with E-state index in [4.69, 9.17) is 10.5 Å². The molecule has 0 aromatic carbocycles. The van der Waals surface area contributed by atoms with Crippen LogP contribution in [0.4, 0.5) is 0 Å². The lowest BCUT2D eigenvalue weighted by Gasteiger charge is -1.86. The van der Waals surface area contributed by atoms with E-state index in [1.54, 1.807) is 0 Å². The molecular formula is C2HN2O3P. The van der Waals surface area contributed by atoms with Crippen LogP contribution in [0.25, 0.3) is 0 Å². The van der Waals surface area contributed by atoms with Crippen molar-refractivity contribution in [3.63, 3.8) is 0 Å². The minimum absolute atomic E-state index is 1.11. The molecule has 6 heteroatoms. The SMILES string of the molecule is N#CO[PH](=O)OC#N. The molecule has 0 amide bonds. The van der Waals surface area contributed by atoms with Gasteiger partial charge in [0.2, 0.25) is 0 Å². The van der Waals surface area contributed by atoms with E-state index in [9.17, 15) is 4.57 Å². The van der Waals surface area contributed by atoms with Crippen molar-refractivity contribution in [3.8, 4) is 12.5 Å². The van der Waals surface area contributed by atoms with E-state index >= 15 is 0 Å².